The first-order chi connectivity index (χ1) is 11.5. The molecule has 1 heterocycles. The minimum atomic E-state index is -0.633. The highest BCUT2D eigenvalue weighted by atomic mass is 79.9. The van der Waals surface area contributed by atoms with Crippen molar-refractivity contribution in [2.75, 3.05) is 19.7 Å². The molecule has 2 aromatic carbocycles. The molecule has 0 saturated carbocycles. The summed E-state index contributed by atoms with van der Waals surface area (Å²) in [5, 5.41) is 0. The fourth-order valence-corrected chi connectivity index (χ4v) is 3.29. The molecule has 3 rings (SSSR count). The number of rotatable bonds is 3. The zero-order valence-electron chi connectivity index (χ0n) is 13.6. The van der Waals surface area contributed by atoms with Crippen LogP contribution in [0.4, 0.5) is 0 Å². The Morgan fingerprint density at radius 2 is 2.04 bits per heavy atom. The maximum Gasteiger partial charge on any atom is 0.244 e. The molecule has 1 aliphatic rings. The van der Waals surface area contributed by atoms with Crippen LogP contribution in [0, 0.1) is 6.92 Å². The number of amides is 1. The van der Waals surface area contributed by atoms with E-state index in [1.54, 1.807) is 4.90 Å². The Balaban J connectivity index is 1.72. The van der Waals surface area contributed by atoms with Crippen LogP contribution in [-0.4, -0.2) is 30.5 Å². The normalized spacial score (nSPS) is 19.1. The minimum Gasteiger partial charge on any atom is -0.370 e. The van der Waals surface area contributed by atoms with E-state index in [0.29, 0.717) is 19.7 Å². The molecule has 5 heteroatoms. The summed E-state index contributed by atoms with van der Waals surface area (Å²) in [6.45, 7) is 3.63. The zero-order chi connectivity index (χ0) is 17.1. The molecule has 126 valence electrons. The molecule has 4 nitrogen and oxygen atoms in total. The molecule has 2 atom stereocenters. The van der Waals surface area contributed by atoms with Crippen molar-refractivity contribution in [3.8, 4) is 0 Å². The highest BCUT2D eigenvalue weighted by molar-refractivity contribution is 9.10. The maximum atomic E-state index is 12.8. The van der Waals surface area contributed by atoms with E-state index in [9.17, 15) is 4.79 Å². The van der Waals surface area contributed by atoms with Gasteiger partial charge in [-0.05, 0) is 30.2 Å². The van der Waals surface area contributed by atoms with Gasteiger partial charge in [0, 0.05) is 11.0 Å². The van der Waals surface area contributed by atoms with Crippen LogP contribution in [0.5, 0.6) is 0 Å². The molecular weight excluding hydrogens is 368 g/mol. The molecule has 0 radical (unpaired) electrons. The van der Waals surface area contributed by atoms with Gasteiger partial charge in [-0.15, -0.1) is 0 Å². The van der Waals surface area contributed by atoms with Gasteiger partial charge in [0.2, 0.25) is 5.91 Å². The first-order valence-corrected chi connectivity index (χ1v) is 8.82. The van der Waals surface area contributed by atoms with Gasteiger partial charge in [0.05, 0.1) is 13.2 Å². The van der Waals surface area contributed by atoms with Crippen LogP contribution < -0.4 is 5.73 Å². The molecule has 1 saturated heterocycles. The van der Waals surface area contributed by atoms with Crippen molar-refractivity contribution < 1.29 is 9.53 Å². The first-order valence-electron chi connectivity index (χ1n) is 8.02. The van der Waals surface area contributed by atoms with Gasteiger partial charge in [0.1, 0.15) is 12.1 Å². The maximum absolute atomic E-state index is 12.8. The highest BCUT2D eigenvalue weighted by Gasteiger charge is 2.29. The summed E-state index contributed by atoms with van der Waals surface area (Å²) in [5.74, 6) is -0.0536. The van der Waals surface area contributed by atoms with Gasteiger partial charge < -0.3 is 15.4 Å². The van der Waals surface area contributed by atoms with Crippen molar-refractivity contribution in [3.05, 3.63) is 69.7 Å². The number of hydrogen-bond donors (Lipinski definition) is 1. The van der Waals surface area contributed by atoms with E-state index in [1.807, 2.05) is 55.5 Å². The van der Waals surface area contributed by atoms with Crippen molar-refractivity contribution in [1.29, 1.82) is 0 Å². The predicted octanol–water partition coefficient (Wildman–Crippen LogP) is 3.36. The summed E-state index contributed by atoms with van der Waals surface area (Å²) in [6, 6.07) is 15.2. The van der Waals surface area contributed by atoms with Crippen molar-refractivity contribution >= 4 is 21.8 Å². The van der Waals surface area contributed by atoms with Gasteiger partial charge in [-0.1, -0.05) is 57.9 Å². The third kappa shape index (κ3) is 3.86. The Morgan fingerprint density at radius 3 is 2.75 bits per heavy atom. The molecule has 0 spiro atoms. The lowest BCUT2D eigenvalue weighted by Crippen LogP contribution is -2.46. The number of ether oxygens (including phenoxy) is 1. The van der Waals surface area contributed by atoms with Gasteiger partial charge >= 0.3 is 0 Å². The first kappa shape index (κ1) is 17.1. The van der Waals surface area contributed by atoms with E-state index in [-0.39, 0.29) is 12.0 Å². The highest BCUT2D eigenvalue weighted by Crippen LogP contribution is 2.26. The van der Waals surface area contributed by atoms with Crippen molar-refractivity contribution in [1.82, 2.24) is 4.90 Å². The fourth-order valence-electron chi connectivity index (χ4n) is 2.87. The fraction of sp³-hybridized carbons (Fsp3) is 0.316. The molecule has 1 aliphatic heterocycles. The lowest BCUT2D eigenvalue weighted by molar-refractivity contribution is -0.140. The lowest BCUT2D eigenvalue weighted by atomic mass is 10.0. The van der Waals surface area contributed by atoms with Crippen molar-refractivity contribution in [2.24, 2.45) is 5.73 Å². The van der Waals surface area contributed by atoms with Crippen LogP contribution >= 0.6 is 15.9 Å². The molecule has 2 unspecified atom stereocenters. The van der Waals surface area contributed by atoms with Gasteiger partial charge in [0.25, 0.3) is 0 Å². The summed E-state index contributed by atoms with van der Waals surface area (Å²) in [4.78, 5) is 14.6. The monoisotopic (exact) mass is 388 g/mol. The summed E-state index contributed by atoms with van der Waals surface area (Å²) in [6.07, 6.45) is -0.120. The molecule has 0 bridgehead atoms. The van der Waals surface area contributed by atoms with Gasteiger partial charge in [-0.3, -0.25) is 4.79 Å². The van der Waals surface area contributed by atoms with Crippen molar-refractivity contribution in [2.45, 2.75) is 19.1 Å². The number of hydrogen-bond acceptors (Lipinski definition) is 3. The second-order valence-electron chi connectivity index (χ2n) is 6.09. The number of nitrogens with two attached hydrogens (primary N) is 1. The number of carbonyl (C=O) groups excluding carboxylic acids is 1. The van der Waals surface area contributed by atoms with E-state index >= 15 is 0 Å². The van der Waals surface area contributed by atoms with E-state index in [0.717, 1.165) is 21.2 Å². The van der Waals surface area contributed by atoms with E-state index in [1.165, 1.54) is 0 Å². The van der Waals surface area contributed by atoms with Crippen LogP contribution in [0.25, 0.3) is 0 Å². The SMILES string of the molecule is Cc1ccc(C(N)C(=O)N2CCOC(c3cccc(Br)c3)C2)cc1. The van der Waals surface area contributed by atoms with Crippen LogP contribution in [-0.2, 0) is 9.53 Å². The molecule has 0 aliphatic carbocycles. The lowest BCUT2D eigenvalue weighted by Gasteiger charge is -2.34. The smallest absolute Gasteiger partial charge is 0.244 e. The Kier molecular flexibility index (Phi) is 5.33. The summed E-state index contributed by atoms with van der Waals surface area (Å²) in [7, 11) is 0. The Labute approximate surface area is 150 Å². The van der Waals surface area contributed by atoms with Crippen LogP contribution in [0.1, 0.15) is 28.8 Å². The van der Waals surface area contributed by atoms with Crippen molar-refractivity contribution in [3.63, 3.8) is 0 Å². The van der Waals surface area contributed by atoms with Gasteiger partial charge in [-0.2, -0.15) is 0 Å². The number of halogens is 1. The van der Waals surface area contributed by atoms with E-state index in [2.05, 4.69) is 15.9 Å². The third-order valence-corrected chi connectivity index (χ3v) is 4.79. The van der Waals surface area contributed by atoms with Crippen LogP contribution in [0.2, 0.25) is 0 Å². The molecule has 2 aromatic rings. The summed E-state index contributed by atoms with van der Waals surface area (Å²) >= 11 is 3.48. The Morgan fingerprint density at radius 1 is 1.29 bits per heavy atom. The second kappa shape index (κ2) is 7.47. The topological polar surface area (TPSA) is 55.6 Å². The van der Waals surface area contributed by atoms with Gasteiger partial charge in [0.15, 0.2) is 0 Å². The Bertz CT molecular complexity index is 718. The predicted molar refractivity (Wildman–Crippen MR) is 97.5 cm³/mol. The summed E-state index contributed by atoms with van der Waals surface area (Å²) in [5.41, 5.74) is 9.24. The molecule has 0 aromatic heterocycles. The number of carbonyl (C=O) groups is 1. The summed E-state index contributed by atoms with van der Waals surface area (Å²) < 4.78 is 6.85. The minimum absolute atomic E-state index is 0.0536. The van der Waals surface area contributed by atoms with E-state index < -0.39 is 6.04 Å². The molecule has 2 N–H and O–H groups in total. The molecular formula is C19H21BrN2O2. The molecule has 1 amide bonds. The van der Waals surface area contributed by atoms with Crippen LogP contribution in [0.3, 0.4) is 0 Å². The Hall–Kier alpha value is -1.69. The van der Waals surface area contributed by atoms with Gasteiger partial charge in [-0.25, -0.2) is 0 Å². The average Bonchev–Trinajstić information content (AvgIpc) is 2.61. The zero-order valence-corrected chi connectivity index (χ0v) is 15.2. The average molecular weight is 389 g/mol. The number of nitrogens with zero attached hydrogens (tertiary/aromatic N) is 1. The van der Waals surface area contributed by atoms with Crippen LogP contribution in [0.15, 0.2) is 53.0 Å². The van der Waals surface area contributed by atoms with E-state index in [4.69, 9.17) is 10.5 Å². The quantitative estimate of drug-likeness (QED) is 0.876. The molecule has 24 heavy (non-hydrogen) atoms. The largest absolute Gasteiger partial charge is 0.370 e. The number of benzene rings is 2. The number of morpholine rings is 1. The second-order valence-corrected chi connectivity index (χ2v) is 7.00. The molecule has 1 fully saturated rings. The third-order valence-electron chi connectivity index (χ3n) is 4.30. The number of aryl methyl sites for hydroxylation is 1. The standard InChI is InChI=1S/C19H21BrN2O2/c1-13-5-7-14(8-6-13)18(21)19(23)22-9-10-24-17(12-22)15-3-2-4-16(20)11-15/h2-8,11,17-18H,9-10,12,21H2,1H3.